The van der Waals surface area contributed by atoms with Crippen LogP contribution >= 0.6 is 0 Å². The van der Waals surface area contributed by atoms with E-state index >= 15 is 0 Å². The summed E-state index contributed by atoms with van der Waals surface area (Å²) < 4.78 is 18.2. The number of rotatable bonds is 4. The second kappa shape index (κ2) is 7.78. The molecule has 5 nitrogen and oxygen atoms in total. The highest BCUT2D eigenvalue weighted by atomic mass is 19.1. The normalized spacial score (nSPS) is 16.0. The van der Waals surface area contributed by atoms with Crippen molar-refractivity contribution in [3.8, 4) is 0 Å². The minimum atomic E-state index is -0.277. The molecule has 0 spiro atoms. The molecule has 134 valence electrons. The lowest BCUT2D eigenvalue weighted by molar-refractivity contribution is -0.130. The van der Waals surface area contributed by atoms with E-state index in [1.165, 1.54) is 12.1 Å². The van der Waals surface area contributed by atoms with Crippen LogP contribution in [0.3, 0.4) is 0 Å². The Morgan fingerprint density at radius 1 is 1.16 bits per heavy atom. The first-order valence-corrected chi connectivity index (χ1v) is 8.69. The lowest BCUT2D eigenvalue weighted by Crippen LogP contribution is -2.36. The number of halogens is 1. The summed E-state index contributed by atoms with van der Waals surface area (Å²) in [6.45, 7) is 7.96. The average molecular weight is 345 g/mol. The minimum Gasteiger partial charge on any atom is -0.361 e. The smallest absolute Gasteiger partial charge is 0.227 e. The Bertz CT molecular complexity index is 707. The topological polar surface area (TPSA) is 49.6 Å². The van der Waals surface area contributed by atoms with Gasteiger partial charge < -0.3 is 9.42 Å². The highest BCUT2D eigenvalue weighted by Crippen LogP contribution is 2.16. The molecule has 1 fully saturated rings. The van der Waals surface area contributed by atoms with Crippen LogP contribution in [0.25, 0.3) is 0 Å². The minimum absolute atomic E-state index is 0.103. The highest BCUT2D eigenvalue weighted by molar-refractivity contribution is 5.78. The molecule has 6 heteroatoms. The summed E-state index contributed by atoms with van der Waals surface area (Å²) in [5.74, 6) is 0.692. The number of carbonyl (C=O) groups is 1. The number of aromatic nitrogens is 1. The average Bonchev–Trinajstić information content (AvgIpc) is 2.79. The monoisotopic (exact) mass is 345 g/mol. The van der Waals surface area contributed by atoms with Gasteiger partial charge >= 0.3 is 0 Å². The first kappa shape index (κ1) is 17.6. The van der Waals surface area contributed by atoms with E-state index in [1.54, 1.807) is 12.1 Å². The molecule has 25 heavy (non-hydrogen) atoms. The third-order valence-electron chi connectivity index (χ3n) is 4.77. The van der Waals surface area contributed by atoms with Crippen LogP contribution in [-0.2, 0) is 17.8 Å². The van der Waals surface area contributed by atoms with E-state index in [0.29, 0.717) is 13.0 Å². The predicted octanol–water partition coefficient (Wildman–Crippen LogP) is 2.71. The number of carbonyl (C=O) groups excluding carboxylic acids is 1. The van der Waals surface area contributed by atoms with Crippen molar-refractivity contribution in [1.82, 2.24) is 15.0 Å². The molecule has 0 bridgehead atoms. The number of amides is 1. The van der Waals surface area contributed by atoms with E-state index in [9.17, 15) is 9.18 Å². The van der Waals surface area contributed by atoms with Gasteiger partial charge in [0.25, 0.3) is 0 Å². The number of hydrogen-bond donors (Lipinski definition) is 0. The van der Waals surface area contributed by atoms with Crippen LogP contribution in [0.4, 0.5) is 4.39 Å². The number of aryl methyl sites for hydroxylation is 2. The molecular weight excluding hydrogens is 321 g/mol. The predicted molar refractivity (Wildman–Crippen MR) is 92.6 cm³/mol. The van der Waals surface area contributed by atoms with E-state index in [0.717, 1.165) is 55.2 Å². The molecule has 1 aliphatic rings. The van der Waals surface area contributed by atoms with Crippen molar-refractivity contribution in [2.75, 3.05) is 26.2 Å². The van der Waals surface area contributed by atoms with Crippen LogP contribution in [0, 0.1) is 19.7 Å². The van der Waals surface area contributed by atoms with Crippen LogP contribution in [0.5, 0.6) is 0 Å². The molecule has 1 saturated heterocycles. The zero-order valence-electron chi connectivity index (χ0n) is 14.8. The molecule has 2 heterocycles. The van der Waals surface area contributed by atoms with Crippen molar-refractivity contribution < 1.29 is 13.7 Å². The van der Waals surface area contributed by atoms with Crippen molar-refractivity contribution in [1.29, 1.82) is 0 Å². The van der Waals surface area contributed by atoms with Gasteiger partial charge in [0, 0.05) is 38.3 Å². The van der Waals surface area contributed by atoms with Gasteiger partial charge in [-0.05, 0) is 38.0 Å². The molecule has 1 aromatic heterocycles. The van der Waals surface area contributed by atoms with Crippen LogP contribution < -0.4 is 0 Å². The number of benzene rings is 1. The van der Waals surface area contributed by atoms with Gasteiger partial charge in [0.1, 0.15) is 11.6 Å². The zero-order chi connectivity index (χ0) is 17.8. The van der Waals surface area contributed by atoms with E-state index < -0.39 is 0 Å². The van der Waals surface area contributed by atoms with Gasteiger partial charge in [0.2, 0.25) is 5.91 Å². The van der Waals surface area contributed by atoms with E-state index in [2.05, 4.69) is 10.1 Å². The number of hydrogen-bond acceptors (Lipinski definition) is 4. The molecule has 0 saturated carbocycles. The molecule has 1 aliphatic heterocycles. The highest BCUT2D eigenvalue weighted by Gasteiger charge is 2.21. The van der Waals surface area contributed by atoms with Gasteiger partial charge in [0.05, 0.1) is 12.1 Å². The third-order valence-corrected chi connectivity index (χ3v) is 4.77. The molecule has 1 amide bonds. The molecule has 0 aliphatic carbocycles. The fourth-order valence-electron chi connectivity index (χ4n) is 3.22. The van der Waals surface area contributed by atoms with E-state index in [4.69, 9.17) is 4.52 Å². The van der Waals surface area contributed by atoms with E-state index in [1.807, 2.05) is 18.7 Å². The van der Waals surface area contributed by atoms with Crippen molar-refractivity contribution >= 4 is 5.91 Å². The Balaban J connectivity index is 1.55. The van der Waals surface area contributed by atoms with Crippen molar-refractivity contribution in [3.63, 3.8) is 0 Å². The maximum absolute atomic E-state index is 13.0. The molecule has 1 aromatic carbocycles. The van der Waals surface area contributed by atoms with Gasteiger partial charge in [-0.1, -0.05) is 17.3 Å². The SMILES string of the molecule is Cc1noc(C)c1CN1CCCN(C(=O)Cc2ccc(F)cc2)CC1. The summed E-state index contributed by atoms with van der Waals surface area (Å²) in [5.41, 5.74) is 2.93. The van der Waals surface area contributed by atoms with Gasteiger partial charge in [-0.15, -0.1) is 0 Å². The zero-order valence-corrected chi connectivity index (χ0v) is 14.8. The Kier molecular flexibility index (Phi) is 5.48. The van der Waals surface area contributed by atoms with Crippen LogP contribution in [0.2, 0.25) is 0 Å². The molecule has 0 radical (unpaired) electrons. The third kappa shape index (κ3) is 4.45. The summed E-state index contributed by atoms with van der Waals surface area (Å²) >= 11 is 0. The Morgan fingerprint density at radius 2 is 1.92 bits per heavy atom. The Hall–Kier alpha value is -2.21. The largest absolute Gasteiger partial charge is 0.361 e. The standard InChI is InChI=1S/C19H24FN3O2/c1-14-18(15(2)25-21-14)13-22-8-3-9-23(11-10-22)19(24)12-16-4-6-17(20)7-5-16/h4-7H,3,8-13H2,1-2H3. The molecule has 3 rings (SSSR count). The second-order valence-electron chi connectivity index (χ2n) is 6.62. The maximum atomic E-state index is 13.0. The van der Waals surface area contributed by atoms with Gasteiger partial charge in [-0.2, -0.15) is 0 Å². The number of nitrogens with zero attached hydrogens (tertiary/aromatic N) is 3. The van der Waals surface area contributed by atoms with Crippen LogP contribution in [-0.4, -0.2) is 47.0 Å². The second-order valence-corrected chi connectivity index (χ2v) is 6.62. The van der Waals surface area contributed by atoms with Crippen LogP contribution in [0.15, 0.2) is 28.8 Å². The lowest BCUT2D eigenvalue weighted by Gasteiger charge is -2.22. The quantitative estimate of drug-likeness (QED) is 0.855. The molecule has 2 aromatic rings. The summed E-state index contributed by atoms with van der Waals surface area (Å²) in [5, 5.41) is 4.01. The molecule has 0 unspecified atom stereocenters. The van der Waals surface area contributed by atoms with Gasteiger partial charge in [-0.25, -0.2) is 4.39 Å². The summed E-state index contributed by atoms with van der Waals surface area (Å²) in [4.78, 5) is 16.8. The Morgan fingerprint density at radius 3 is 2.60 bits per heavy atom. The van der Waals surface area contributed by atoms with E-state index in [-0.39, 0.29) is 11.7 Å². The fraction of sp³-hybridized carbons (Fsp3) is 0.474. The van der Waals surface area contributed by atoms with Gasteiger partial charge in [0.15, 0.2) is 0 Å². The van der Waals surface area contributed by atoms with Crippen molar-refractivity contribution in [2.24, 2.45) is 0 Å². The molecule has 0 atom stereocenters. The molecule has 0 N–H and O–H groups in total. The molecular formula is C19H24FN3O2. The van der Waals surface area contributed by atoms with Crippen molar-refractivity contribution in [3.05, 3.63) is 52.7 Å². The lowest BCUT2D eigenvalue weighted by atomic mass is 10.1. The van der Waals surface area contributed by atoms with Gasteiger partial charge in [-0.3, -0.25) is 9.69 Å². The Labute approximate surface area is 147 Å². The fourth-order valence-corrected chi connectivity index (χ4v) is 3.22. The van der Waals surface area contributed by atoms with Crippen molar-refractivity contribution in [2.45, 2.75) is 33.2 Å². The first-order valence-electron chi connectivity index (χ1n) is 8.69. The van der Waals surface area contributed by atoms with Crippen LogP contribution in [0.1, 0.15) is 29.0 Å². The summed E-state index contributed by atoms with van der Waals surface area (Å²) in [6.07, 6.45) is 1.27. The first-order chi connectivity index (χ1) is 12.0. The summed E-state index contributed by atoms with van der Waals surface area (Å²) in [6, 6.07) is 6.15. The maximum Gasteiger partial charge on any atom is 0.227 e. The summed E-state index contributed by atoms with van der Waals surface area (Å²) in [7, 11) is 0.